The monoisotopic (exact) mass is 207 g/mol. The summed E-state index contributed by atoms with van der Waals surface area (Å²) in [5, 5.41) is 0. The molecule has 1 heterocycles. The zero-order chi connectivity index (χ0) is 11.5. The minimum absolute atomic E-state index is 0.00608. The molecule has 0 bridgehead atoms. The van der Waals surface area contributed by atoms with E-state index in [0.717, 1.165) is 11.4 Å². The summed E-state index contributed by atoms with van der Waals surface area (Å²) in [4.78, 5) is 15.5. The molecule has 0 saturated carbocycles. The van der Waals surface area contributed by atoms with E-state index < -0.39 is 0 Å². The van der Waals surface area contributed by atoms with Crippen molar-refractivity contribution in [2.75, 3.05) is 7.11 Å². The Hall–Kier alpha value is -1.38. The third-order valence-corrected chi connectivity index (χ3v) is 2.13. The maximum absolute atomic E-state index is 11.1. The van der Waals surface area contributed by atoms with E-state index >= 15 is 0 Å². The minimum atomic E-state index is -0.256. The van der Waals surface area contributed by atoms with Crippen LogP contribution in [0.2, 0.25) is 0 Å². The number of pyridine rings is 1. The highest BCUT2D eigenvalue weighted by molar-refractivity contribution is 5.71. The lowest BCUT2D eigenvalue weighted by atomic mass is 9.91. The fourth-order valence-electron chi connectivity index (χ4n) is 1.22. The molecule has 1 aromatic heterocycles. The number of hydrogen-bond acceptors (Lipinski definition) is 3. The van der Waals surface area contributed by atoms with E-state index in [4.69, 9.17) is 0 Å². The number of carbonyl (C=O) groups excluding carboxylic acids is 1. The van der Waals surface area contributed by atoms with Crippen molar-refractivity contribution in [3.63, 3.8) is 0 Å². The van der Waals surface area contributed by atoms with Gasteiger partial charge in [-0.1, -0.05) is 26.8 Å². The zero-order valence-corrected chi connectivity index (χ0v) is 9.70. The van der Waals surface area contributed by atoms with Crippen LogP contribution in [0.25, 0.3) is 0 Å². The van der Waals surface area contributed by atoms with Crippen LogP contribution < -0.4 is 0 Å². The smallest absolute Gasteiger partial charge is 0.311 e. The van der Waals surface area contributed by atoms with Crippen LogP contribution in [0, 0.1) is 0 Å². The van der Waals surface area contributed by atoms with Crippen LogP contribution in [0.4, 0.5) is 0 Å². The lowest BCUT2D eigenvalue weighted by Gasteiger charge is -2.18. The summed E-state index contributed by atoms with van der Waals surface area (Å²) in [5.41, 5.74) is 1.75. The van der Waals surface area contributed by atoms with Gasteiger partial charge in [0.2, 0.25) is 0 Å². The van der Waals surface area contributed by atoms with Gasteiger partial charge >= 0.3 is 5.97 Å². The van der Waals surface area contributed by atoms with Crippen molar-refractivity contribution in [1.82, 2.24) is 4.98 Å². The molecular weight excluding hydrogens is 190 g/mol. The van der Waals surface area contributed by atoms with E-state index in [2.05, 4.69) is 30.5 Å². The van der Waals surface area contributed by atoms with Gasteiger partial charge in [-0.25, -0.2) is 0 Å². The second kappa shape index (κ2) is 4.43. The molecule has 0 atom stereocenters. The number of methoxy groups -OCH3 is 1. The molecule has 0 aromatic carbocycles. The van der Waals surface area contributed by atoms with E-state index in [0.29, 0.717) is 0 Å². The normalized spacial score (nSPS) is 11.2. The third kappa shape index (κ3) is 3.35. The largest absolute Gasteiger partial charge is 0.469 e. The standard InChI is InChI=1S/C12H17NO2/c1-12(2,3)10-7-5-6-9(13-10)8-11(14)15-4/h5-7H,8H2,1-4H3. The van der Waals surface area contributed by atoms with Gasteiger partial charge in [-0.15, -0.1) is 0 Å². The first-order valence-electron chi connectivity index (χ1n) is 4.96. The number of esters is 1. The Kier molecular flexibility index (Phi) is 3.45. The first-order valence-corrected chi connectivity index (χ1v) is 4.96. The summed E-state index contributed by atoms with van der Waals surface area (Å²) >= 11 is 0. The van der Waals surface area contributed by atoms with Crippen LogP contribution in [0.1, 0.15) is 32.2 Å². The zero-order valence-electron chi connectivity index (χ0n) is 9.70. The van der Waals surface area contributed by atoms with E-state index in [1.54, 1.807) is 0 Å². The molecule has 0 spiro atoms. The molecule has 0 unspecified atom stereocenters. The summed E-state index contributed by atoms with van der Waals surface area (Å²) < 4.78 is 4.60. The lowest BCUT2D eigenvalue weighted by Crippen LogP contribution is -2.15. The third-order valence-electron chi connectivity index (χ3n) is 2.13. The van der Waals surface area contributed by atoms with E-state index in [1.165, 1.54) is 7.11 Å². The number of carbonyl (C=O) groups is 1. The first-order chi connectivity index (χ1) is 6.93. The van der Waals surface area contributed by atoms with E-state index in [-0.39, 0.29) is 17.8 Å². The van der Waals surface area contributed by atoms with Crippen molar-refractivity contribution < 1.29 is 9.53 Å². The summed E-state index contributed by atoms with van der Waals surface area (Å²) in [6.07, 6.45) is 0.237. The summed E-state index contributed by atoms with van der Waals surface area (Å²) in [6.45, 7) is 6.28. The number of hydrogen-bond donors (Lipinski definition) is 0. The Balaban J connectivity index is 2.88. The molecule has 0 amide bonds. The Morgan fingerprint density at radius 3 is 2.60 bits per heavy atom. The molecule has 1 rings (SSSR count). The fraction of sp³-hybridized carbons (Fsp3) is 0.500. The van der Waals surface area contributed by atoms with Crippen LogP contribution in [-0.2, 0) is 21.4 Å². The van der Waals surface area contributed by atoms with Crippen LogP contribution in [-0.4, -0.2) is 18.1 Å². The van der Waals surface area contributed by atoms with E-state index in [9.17, 15) is 4.79 Å². The van der Waals surface area contributed by atoms with Crippen molar-refractivity contribution in [2.24, 2.45) is 0 Å². The predicted octanol–water partition coefficient (Wildman–Crippen LogP) is 2.09. The Morgan fingerprint density at radius 1 is 1.40 bits per heavy atom. The van der Waals surface area contributed by atoms with Gasteiger partial charge in [0.15, 0.2) is 0 Å². The lowest BCUT2D eigenvalue weighted by molar-refractivity contribution is -0.139. The number of ether oxygens (including phenoxy) is 1. The van der Waals surface area contributed by atoms with Crippen molar-refractivity contribution in [1.29, 1.82) is 0 Å². The highest BCUT2D eigenvalue weighted by Crippen LogP contribution is 2.19. The Labute approximate surface area is 90.5 Å². The van der Waals surface area contributed by atoms with Crippen molar-refractivity contribution in [3.8, 4) is 0 Å². The second-order valence-electron chi connectivity index (χ2n) is 4.52. The molecule has 0 fully saturated rings. The highest BCUT2D eigenvalue weighted by Gasteiger charge is 2.16. The minimum Gasteiger partial charge on any atom is -0.469 e. The second-order valence-corrected chi connectivity index (χ2v) is 4.52. The Bertz CT molecular complexity index is 353. The maximum atomic E-state index is 11.1. The number of aromatic nitrogens is 1. The number of rotatable bonds is 2. The van der Waals surface area contributed by atoms with Gasteiger partial charge in [0.05, 0.1) is 19.2 Å². The molecule has 0 N–H and O–H groups in total. The summed E-state index contributed by atoms with van der Waals surface area (Å²) in [6, 6.07) is 5.73. The molecule has 0 radical (unpaired) electrons. The van der Waals surface area contributed by atoms with Gasteiger partial charge < -0.3 is 4.74 Å². The van der Waals surface area contributed by atoms with Crippen molar-refractivity contribution >= 4 is 5.97 Å². The molecule has 0 aliphatic carbocycles. The average Bonchev–Trinajstić information content (AvgIpc) is 2.17. The molecule has 0 aliphatic rings. The predicted molar refractivity (Wildman–Crippen MR) is 58.7 cm³/mol. The van der Waals surface area contributed by atoms with E-state index in [1.807, 2.05) is 18.2 Å². The molecule has 0 aliphatic heterocycles. The number of nitrogens with zero attached hydrogens (tertiary/aromatic N) is 1. The van der Waals surface area contributed by atoms with Crippen molar-refractivity contribution in [3.05, 3.63) is 29.6 Å². The first kappa shape index (κ1) is 11.7. The maximum Gasteiger partial charge on any atom is 0.311 e. The summed E-state index contributed by atoms with van der Waals surface area (Å²) in [5.74, 6) is -0.256. The molecule has 3 heteroatoms. The van der Waals surface area contributed by atoms with Gasteiger partial charge in [-0.2, -0.15) is 0 Å². The molecule has 15 heavy (non-hydrogen) atoms. The molecule has 1 aromatic rings. The quantitative estimate of drug-likeness (QED) is 0.697. The topological polar surface area (TPSA) is 39.2 Å². The van der Waals surface area contributed by atoms with Gasteiger partial charge in [-0.3, -0.25) is 9.78 Å². The van der Waals surface area contributed by atoms with Gasteiger partial charge in [-0.05, 0) is 12.1 Å². The van der Waals surface area contributed by atoms with Crippen LogP contribution in [0.3, 0.4) is 0 Å². The Morgan fingerprint density at radius 2 is 2.07 bits per heavy atom. The molecule has 0 saturated heterocycles. The van der Waals surface area contributed by atoms with Crippen LogP contribution in [0.15, 0.2) is 18.2 Å². The van der Waals surface area contributed by atoms with Crippen LogP contribution in [0.5, 0.6) is 0 Å². The van der Waals surface area contributed by atoms with Gasteiger partial charge in [0, 0.05) is 11.1 Å². The average molecular weight is 207 g/mol. The fourth-order valence-corrected chi connectivity index (χ4v) is 1.22. The molecule has 3 nitrogen and oxygen atoms in total. The van der Waals surface area contributed by atoms with Crippen LogP contribution >= 0.6 is 0 Å². The van der Waals surface area contributed by atoms with Crippen molar-refractivity contribution in [2.45, 2.75) is 32.6 Å². The summed E-state index contributed by atoms with van der Waals surface area (Å²) in [7, 11) is 1.38. The highest BCUT2D eigenvalue weighted by atomic mass is 16.5. The molecular formula is C12H17NO2. The molecule has 82 valence electrons. The SMILES string of the molecule is COC(=O)Cc1cccc(C(C)(C)C)n1. The van der Waals surface area contributed by atoms with Gasteiger partial charge in [0.25, 0.3) is 0 Å². The van der Waals surface area contributed by atoms with Gasteiger partial charge in [0.1, 0.15) is 0 Å².